The molecule has 19 heavy (non-hydrogen) atoms. The first-order valence-corrected chi connectivity index (χ1v) is 7.42. The molecule has 0 saturated carbocycles. The van der Waals surface area contributed by atoms with Crippen molar-refractivity contribution in [2.75, 3.05) is 43.1 Å². The van der Waals surface area contributed by atoms with Crippen LogP contribution >= 0.6 is 0 Å². The number of nitrogens with one attached hydrogen (secondary N) is 1. The van der Waals surface area contributed by atoms with Gasteiger partial charge in [0, 0.05) is 25.0 Å². The molecule has 104 valence electrons. The molecule has 0 radical (unpaired) electrons. The number of hydrogen-bond donors (Lipinski definition) is 1. The lowest BCUT2D eigenvalue weighted by Crippen LogP contribution is -2.45. The summed E-state index contributed by atoms with van der Waals surface area (Å²) >= 11 is 0. The van der Waals surface area contributed by atoms with Gasteiger partial charge in [-0.05, 0) is 31.4 Å². The molecule has 2 aliphatic heterocycles. The van der Waals surface area contributed by atoms with Crippen molar-refractivity contribution in [1.29, 1.82) is 0 Å². The van der Waals surface area contributed by atoms with E-state index in [0.29, 0.717) is 5.41 Å². The standard InChI is InChI=1S/C16H24N2O/c1-16(12-19-13-16)11-17-14-7-3-4-8-15(14)18-9-5-2-6-10-18/h3-4,7-8,17H,2,5-6,9-13H2,1H3. The molecule has 1 aromatic rings. The second-order valence-electron chi connectivity index (χ2n) is 6.22. The highest BCUT2D eigenvalue weighted by Crippen LogP contribution is 2.31. The minimum absolute atomic E-state index is 0.314. The van der Waals surface area contributed by atoms with E-state index in [1.165, 1.54) is 43.7 Å². The maximum atomic E-state index is 5.32. The maximum absolute atomic E-state index is 5.32. The van der Waals surface area contributed by atoms with Crippen LogP contribution in [0.4, 0.5) is 11.4 Å². The molecule has 2 aliphatic rings. The van der Waals surface area contributed by atoms with E-state index in [9.17, 15) is 0 Å². The Morgan fingerprint density at radius 3 is 2.58 bits per heavy atom. The van der Waals surface area contributed by atoms with Crippen molar-refractivity contribution in [1.82, 2.24) is 0 Å². The Labute approximate surface area is 115 Å². The lowest BCUT2D eigenvalue weighted by atomic mass is 9.88. The lowest BCUT2D eigenvalue weighted by Gasteiger charge is -2.39. The number of anilines is 2. The first-order valence-electron chi connectivity index (χ1n) is 7.42. The monoisotopic (exact) mass is 260 g/mol. The summed E-state index contributed by atoms with van der Waals surface area (Å²) in [6.45, 7) is 7.43. The van der Waals surface area contributed by atoms with Crippen LogP contribution in [0, 0.1) is 5.41 Å². The van der Waals surface area contributed by atoms with Crippen molar-refractivity contribution >= 4 is 11.4 Å². The topological polar surface area (TPSA) is 24.5 Å². The highest BCUT2D eigenvalue weighted by atomic mass is 16.5. The molecule has 2 fully saturated rings. The number of piperidine rings is 1. The maximum Gasteiger partial charge on any atom is 0.0602 e. The Morgan fingerprint density at radius 1 is 1.16 bits per heavy atom. The molecule has 0 unspecified atom stereocenters. The van der Waals surface area contributed by atoms with Crippen molar-refractivity contribution in [3.05, 3.63) is 24.3 Å². The summed E-state index contributed by atoms with van der Waals surface area (Å²) in [5.41, 5.74) is 2.96. The molecule has 0 spiro atoms. The Balaban J connectivity index is 1.69. The zero-order valence-corrected chi connectivity index (χ0v) is 11.8. The van der Waals surface area contributed by atoms with E-state index in [1.54, 1.807) is 0 Å². The molecule has 2 saturated heterocycles. The average Bonchev–Trinajstić information content (AvgIpc) is 2.44. The molecule has 3 rings (SSSR count). The van der Waals surface area contributed by atoms with Crippen LogP contribution in [-0.2, 0) is 4.74 Å². The Bertz CT molecular complexity index is 423. The van der Waals surface area contributed by atoms with Crippen molar-refractivity contribution in [2.24, 2.45) is 5.41 Å². The number of ether oxygens (including phenoxy) is 1. The summed E-state index contributed by atoms with van der Waals surface area (Å²) in [5.74, 6) is 0. The highest BCUT2D eigenvalue weighted by molar-refractivity contribution is 5.70. The Morgan fingerprint density at radius 2 is 1.89 bits per heavy atom. The summed E-state index contributed by atoms with van der Waals surface area (Å²) in [5, 5.41) is 3.63. The zero-order valence-electron chi connectivity index (χ0n) is 11.8. The van der Waals surface area contributed by atoms with Gasteiger partial charge in [-0.2, -0.15) is 0 Å². The second-order valence-corrected chi connectivity index (χ2v) is 6.22. The second kappa shape index (κ2) is 5.41. The van der Waals surface area contributed by atoms with Crippen LogP contribution in [0.1, 0.15) is 26.2 Å². The highest BCUT2D eigenvalue weighted by Gasteiger charge is 2.33. The van der Waals surface area contributed by atoms with Crippen LogP contribution in [0.2, 0.25) is 0 Å². The number of hydrogen-bond acceptors (Lipinski definition) is 3. The van der Waals surface area contributed by atoms with E-state index in [1.807, 2.05) is 0 Å². The molecule has 0 atom stereocenters. The number of para-hydroxylation sites is 2. The van der Waals surface area contributed by atoms with E-state index in [4.69, 9.17) is 4.74 Å². The Kier molecular flexibility index (Phi) is 3.65. The fraction of sp³-hybridized carbons (Fsp3) is 0.625. The summed E-state index contributed by atoms with van der Waals surface area (Å²) in [6.07, 6.45) is 4.02. The first kappa shape index (κ1) is 12.8. The minimum atomic E-state index is 0.314. The van der Waals surface area contributed by atoms with Gasteiger partial charge in [-0.1, -0.05) is 19.1 Å². The molecule has 0 aromatic heterocycles. The third kappa shape index (κ3) is 2.86. The summed E-state index contributed by atoms with van der Waals surface area (Å²) in [6, 6.07) is 8.71. The molecule has 0 aliphatic carbocycles. The molecule has 1 aromatic carbocycles. The van der Waals surface area contributed by atoms with Gasteiger partial charge in [0.2, 0.25) is 0 Å². The fourth-order valence-electron chi connectivity index (χ4n) is 2.89. The van der Waals surface area contributed by atoms with Gasteiger partial charge in [-0.15, -0.1) is 0 Å². The van der Waals surface area contributed by atoms with E-state index < -0.39 is 0 Å². The van der Waals surface area contributed by atoms with Gasteiger partial charge >= 0.3 is 0 Å². The van der Waals surface area contributed by atoms with Crippen molar-refractivity contribution in [3.8, 4) is 0 Å². The molecule has 0 bridgehead atoms. The third-order valence-electron chi connectivity index (χ3n) is 4.21. The first-order chi connectivity index (χ1) is 9.27. The quantitative estimate of drug-likeness (QED) is 0.900. The molecular weight excluding hydrogens is 236 g/mol. The molecule has 3 heteroatoms. The van der Waals surface area contributed by atoms with Crippen LogP contribution in [0.25, 0.3) is 0 Å². The van der Waals surface area contributed by atoms with Gasteiger partial charge in [0.1, 0.15) is 0 Å². The van der Waals surface area contributed by atoms with E-state index in [2.05, 4.69) is 41.4 Å². The largest absolute Gasteiger partial charge is 0.383 e. The zero-order chi connectivity index (χ0) is 13.1. The molecule has 0 amide bonds. The minimum Gasteiger partial charge on any atom is -0.383 e. The normalized spacial score (nSPS) is 21.8. The van der Waals surface area contributed by atoms with E-state index >= 15 is 0 Å². The SMILES string of the molecule is CC1(CNc2ccccc2N2CCCCC2)COC1. The third-order valence-corrected chi connectivity index (χ3v) is 4.21. The fourth-order valence-corrected chi connectivity index (χ4v) is 2.89. The molecule has 1 N–H and O–H groups in total. The lowest BCUT2D eigenvalue weighted by molar-refractivity contribution is -0.0924. The predicted octanol–water partition coefficient (Wildman–Crippen LogP) is 3.13. The van der Waals surface area contributed by atoms with Gasteiger partial charge in [0.05, 0.1) is 24.6 Å². The van der Waals surface area contributed by atoms with Gasteiger partial charge in [0.25, 0.3) is 0 Å². The summed E-state index contributed by atoms with van der Waals surface area (Å²) < 4.78 is 5.32. The van der Waals surface area contributed by atoms with E-state index in [0.717, 1.165) is 19.8 Å². The molecule has 3 nitrogen and oxygen atoms in total. The number of benzene rings is 1. The van der Waals surface area contributed by atoms with Crippen molar-refractivity contribution in [2.45, 2.75) is 26.2 Å². The van der Waals surface area contributed by atoms with Crippen LogP contribution in [0.5, 0.6) is 0 Å². The van der Waals surface area contributed by atoms with Crippen LogP contribution in [-0.4, -0.2) is 32.8 Å². The molecular formula is C16H24N2O. The van der Waals surface area contributed by atoms with Crippen molar-refractivity contribution in [3.63, 3.8) is 0 Å². The predicted molar refractivity (Wildman–Crippen MR) is 79.9 cm³/mol. The van der Waals surface area contributed by atoms with Gasteiger partial charge < -0.3 is 15.0 Å². The van der Waals surface area contributed by atoms with Gasteiger partial charge in [-0.25, -0.2) is 0 Å². The number of nitrogens with zero attached hydrogens (tertiary/aromatic N) is 1. The van der Waals surface area contributed by atoms with Crippen LogP contribution in [0.3, 0.4) is 0 Å². The van der Waals surface area contributed by atoms with Gasteiger partial charge in [0.15, 0.2) is 0 Å². The molecule has 2 heterocycles. The average molecular weight is 260 g/mol. The van der Waals surface area contributed by atoms with Gasteiger partial charge in [-0.3, -0.25) is 0 Å². The summed E-state index contributed by atoms with van der Waals surface area (Å²) in [4.78, 5) is 2.52. The van der Waals surface area contributed by atoms with Crippen LogP contribution < -0.4 is 10.2 Å². The number of rotatable bonds is 4. The van der Waals surface area contributed by atoms with Crippen LogP contribution in [0.15, 0.2) is 24.3 Å². The van der Waals surface area contributed by atoms with Crippen molar-refractivity contribution < 1.29 is 4.74 Å². The summed E-state index contributed by atoms with van der Waals surface area (Å²) in [7, 11) is 0. The van der Waals surface area contributed by atoms with E-state index in [-0.39, 0.29) is 0 Å². The Hall–Kier alpha value is -1.22. The smallest absolute Gasteiger partial charge is 0.0602 e.